The molecule has 3 aliphatic rings. The molecule has 1 unspecified atom stereocenters. The Labute approximate surface area is 200 Å². The van der Waals surface area contributed by atoms with Crippen molar-refractivity contribution in [2.75, 3.05) is 57.3 Å². The predicted octanol–water partition coefficient (Wildman–Crippen LogP) is 1.91. The lowest BCUT2D eigenvalue weighted by Gasteiger charge is -2.37. The molecule has 3 saturated heterocycles. The fraction of sp³-hybridized carbons (Fsp3) is 0.625. The van der Waals surface area contributed by atoms with Crippen molar-refractivity contribution in [1.29, 1.82) is 0 Å². The number of halogens is 1. The Balaban J connectivity index is 1.20. The van der Waals surface area contributed by atoms with E-state index in [1.807, 2.05) is 18.2 Å². The van der Waals surface area contributed by atoms with Gasteiger partial charge >= 0.3 is 5.97 Å². The van der Waals surface area contributed by atoms with E-state index in [9.17, 15) is 14.4 Å². The molecular formula is C24H33ClN4O4. The molecule has 3 heterocycles. The number of hydrogen-bond acceptors (Lipinski definition) is 6. The number of nitrogens with one attached hydrogen (secondary N) is 1. The van der Waals surface area contributed by atoms with Gasteiger partial charge in [0.05, 0.1) is 12.0 Å². The number of anilines is 1. The summed E-state index contributed by atoms with van der Waals surface area (Å²) in [5.41, 5.74) is 0.705. The molecular weight excluding hydrogens is 444 g/mol. The molecule has 0 saturated carbocycles. The van der Waals surface area contributed by atoms with Gasteiger partial charge in [0.2, 0.25) is 11.8 Å². The van der Waals surface area contributed by atoms with Crippen molar-refractivity contribution in [2.45, 2.75) is 38.7 Å². The molecule has 0 aromatic heterocycles. The second-order valence-electron chi connectivity index (χ2n) is 9.40. The van der Waals surface area contributed by atoms with E-state index in [2.05, 4.69) is 21.2 Å². The molecule has 9 heteroatoms. The monoisotopic (exact) mass is 476 g/mol. The normalized spacial score (nSPS) is 23.0. The van der Waals surface area contributed by atoms with E-state index in [1.165, 1.54) is 6.92 Å². The Morgan fingerprint density at radius 3 is 2.55 bits per heavy atom. The summed E-state index contributed by atoms with van der Waals surface area (Å²) in [6, 6.07) is 7.98. The highest BCUT2D eigenvalue weighted by atomic mass is 35.5. The van der Waals surface area contributed by atoms with Crippen molar-refractivity contribution in [2.24, 2.45) is 5.41 Å². The Morgan fingerprint density at radius 2 is 1.88 bits per heavy atom. The fourth-order valence-corrected chi connectivity index (χ4v) is 5.32. The van der Waals surface area contributed by atoms with E-state index in [1.54, 1.807) is 4.90 Å². The molecule has 33 heavy (non-hydrogen) atoms. The third-order valence-corrected chi connectivity index (χ3v) is 7.43. The first-order valence-electron chi connectivity index (χ1n) is 11.8. The Hall–Kier alpha value is -2.32. The number of carbonyl (C=O) groups excluding carboxylic acids is 3. The summed E-state index contributed by atoms with van der Waals surface area (Å²) in [6.45, 7) is 7.25. The van der Waals surface area contributed by atoms with Gasteiger partial charge in [-0.25, -0.2) is 0 Å². The number of esters is 1. The topological polar surface area (TPSA) is 82.2 Å². The zero-order valence-corrected chi connectivity index (χ0v) is 20.0. The molecule has 3 fully saturated rings. The van der Waals surface area contributed by atoms with Gasteiger partial charge in [-0.2, -0.15) is 0 Å². The highest BCUT2D eigenvalue weighted by molar-refractivity contribution is 6.30. The minimum absolute atomic E-state index is 0.0139. The number of amides is 2. The number of cyclic esters (lactones) is 1. The van der Waals surface area contributed by atoms with Gasteiger partial charge < -0.3 is 19.9 Å². The third kappa shape index (κ3) is 5.79. The summed E-state index contributed by atoms with van der Waals surface area (Å²) in [6.07, 6.45) is 2.79. The number of piperidine rings is 1. The maximum Gasteiger partial charge on any atom is 0.312 e. The van der Waals surface area contributed by atoms with Crippen LogP contribution in [0.3, 0.4) is 0 Å². The molecule has 2 amide bonds. The van der Waals surface area contributed by atoms with Gasteiger partial charge in [0.25, 0.3) is 0 Å². The van der Waals surface area contributed by atoms with Gasteiger partial charge in [0.15, 0.2) is 0 Å². The zero-order valence-electron chi connectivity index (χ0n) is 19.2. The smallest absolute Gasteiger partial charge is 0.312 e. The first-order valence-corrected chi connectivity index (χ1v) is 12.2. The predicted molar refractivity (Wildman–Crippen MR) is 126 cm³/mol. The fourth-order valence-electron chi connectivity index (χ4n) is 5.13. The highest BCUT2D eigenvalue weighted by Crippen LogP contribution is 2.43. The molecule has 180 valence electrons. The minimum Gasteiger partial charge on any atom is -0.462 e. The lowest BCUT2D eigenvalue weighted by molar-refractivity contribution is -0.152. The van der Waals surface area contributed by atoms with Crippen LogP contribution in [0, 0.1) is 5.41 Å². The summed E-state index contributed by atoms with van der Waals surface area (Å²) < 4.78 is 5.77. The molecule has 1 spiro atoms. The Kier molecular flexibility index (Phi) is 7.44. The molecule has 0 bridgehead atoms. The van der Waals surface area contributed by atoms with Crippen molar-refractivity contribution >= 4 is 35.1 Å². The van der Waals surface area contributed by atoms with Gasteiger partial charge in [-0.15, -0.1) is 0 Å². The lowest BCUT2D eigenvalue weighted by atomic mass is 9.75. The Morgan fingerprint density at radius 1 is 1.15 bits per heavy atom. The van der Waals surface area contributed by atoms with Crippen LogP contribution in [0.25, 0.3) is 0 Å². The van der Waals surface area contributed by atoms with Crippen LogP contribution in [0.15, 0.2) is 24.3 Å². The van der Waals surface area contributed by atoms with Gasteiger partial charge in [-0.1, -0.05) is 17.7 Å². The standard InChI is InChI=1S/C24H33ClN4O4/c1-18(30)26-17-22(31)29-9-6-24(7-10-29)16-21(33-23(24)32)5-8-27-11-13-28(14-12-27)20-4-2-3-19(25)15-20/h2-4,15,21H,5-14,16-17H2,1H3,(H,26,30). The molecule has 1 aromatic carbocycles. The van der Waals surface area contributed by atoms with Crippen LogP contribution in [0.2, 0.25) is 5.02 Å². The molecule has 4 rings (SSSR count). The van der Waals surface area contributed by atoms with E-state index in [-0.39, 0.29) is 30.4 Å². The molecule has 0 aliphatic carbocycles. The lowest BCUT2D eigenvalue weighted by Crippen LogP contribution is -2.48. The number of ether oxygens (including phenoxy) is 1. The van der Waals surface area contributed by atoms with Crippen molar-refractivity contribution in [1.82, 2.24) is 15.1 Å². The summed E-state index contributed by atoms with van der Waals surface area (Å²) >= 11 is 6.12. The quantitative estimate of drug-likeness (QED) is 0.632. The average Bonchev–Trinajstić information content (AvgIpc) is 3.11. The number of hydrogen-bond donors (Lipinski definition) is 1. The highest BCUT2D eigenvalue weighted by Gasteiger charge is 2.50. The van der Waals surface area contributed by atoms with E-state index in [4.69, 9.17) is 16.3 Å². The van der Waals surface area contributed by atoms with E-state index < -0.39 is 5.41 Å². The summed E-state index contributed by atoms with van der Waals surface area (Å²) in [5, 5.41) is 3.31. The van der Waals surface area contributed by atoms with Gasteiger partial charge in [0.1, 0.15) is 6.10 Å². The maximum absolute atomic E-state index is 12.7. The van der Waals surface area contributed by atoms with Crippen molar-refractivity contribution in [3.63, 3.8) is 0 Å². The molecule has 1 aromatic rings. The summed E-state index contributed by atoms with van der Waals surface area (Å²) in [4.78, 5) is 42.5. The van der Waals surface area contributed by atoms with Crippen LogP contribution in [-0.2, 0) is 19.1 Å². The van der Waals surface area contributed by atoms with Crippen molar-refractivity contribution < 1.29 is 19.1 Å². The van der Waals surface area contributed by atoms with Crippen LogP contribution in [0.1, 0.15) is 32.6 Å². The first-order chi connectivity index (χ1) is 15.8. The number of piperazine rings is 1. The minimum atomic E-state index is -0.458. The number of likely N-dealkylation sites (tertiary alicyclic amines) is 1. The summed E-state index contributed by atoms with van der Waals surface area (Å²) in [5.74, 6) is -0.419. The van der Waals surface area contributed by atoms with Crippen LogP contribution >= 0.6 is 11.6 Å². The SMILES string of the molecule is CC(=O)NCC(=O)N1CCC2(CC1)CC(CCN1CCN(c3cccc(Cl)c3)CC1)OC2=O. The first kappa shape index (κ1) is 23.8. The van der Waals surface area contributed by atoms with E-state index in [0.29, 0.717) is 25.9 Å². The third-order valence-electron chi connectivity index (χ3n) is 7.20. The van der Waals surface area contributed by atoms with Crippen molar-refractivity contribution in [3.05, 3.63) is 29.3 Å². The maximum atomic E-state index is 12.7. The largest absolute Gasteiger partial charge is 0.462 e. The van der Waals surface area contributed by atoms with E-state index >= 15 is 0 Å². The van der Waals surface area contributed by atoms with Crippen LogP contribution < -0.4 is 10.2 Å². The van der Waals surface area contributed by atoms with Gasteiger partial charge in [-0.3, -0.25) is 19.3 Å². The van der Waals surface area contributed by atoms with Crippen LogP contribution in [-0.4, -0.2) is 86.0 Å². The van der Waals surface area contributed by atoms with Crippen LogP contribution in [0.5, 0.6) is 0 Å². The second-order valence-corrected chi connectivity index (χ2v) is 9.84. The van der Waals surface area contributed by atoms with E-state index in [0.717, 1.165) is 56.3 Å². The number of benzene rings is 1. The zero-order chi connectivity index (χ0) is 23.4. The number of nitrogens with zero attached hydrogens (tertiary/aromatic N) is 3. The van der Waals surface area contributed by atoms with Gasteiger partial charge in [-0.05, 0) is 37.5 Å². The van der Waals surface area contributed by atoms with Crippen molar-refractivity contribution in [3.8, 4) is 0 Å². The number of rotatable bonds is 6. The van der Waals surface area contributed by atoms with Gasteiger partial charge in [0, 0.05) is 69.9 Å². The molecule has 1 N–H and O–H groups in total. The van der Waals surface area contributed by atoms with Crippen LogP contribution in [0.4, 0.5) is 5.69 Å². The Bertz CT molecular complexity index is 879. The average molecular weight is 477 g/mol. The molecule has 1 atom stereocenters. The molecule has 0 radical (unpaired) electrons. The molecule has 8 nitrogen and oxygen atoms in total. The molecule has 3 aliphatic heterocycles. The number of carbonyl (C=O) groups is 3. The second kappa shape index (κ2) is 10.3. The summed E-state index contributed by atoms with van der Waals surface area (Å²) in [7, 11) is 0.